The van der Waals surface area contributed by atoms with Gasteiger partial charge in [0.15, 0.2) is 5.76 Å². The number of hydrogen-bond acceptors (Lipinski definition) is 3. The van der Waals surface area contributed by atoms with E-state index in [1.807, 2.05) is 6.07 Å². The number of hydrogen-bond donors (Lipinski definition) is 1. The highest BCUT2D eigenvalue weighted by Crippen LogP contribution is 2.10. The SMILES string of the molecule is CCCCN(CC)Cc1ccc(C(N)=O)o1. The van der Waals surface area contributed by atoms with Crippen molar-refractivity contribution >= 4 is 5.91 Å². The maximum atomic E-state index is 10.9. The summed E-state index contributed by atoms with van der Waals surface area (Å²) in [5, 5.41) is 0. The van der Waals surface area contributed by atoms with Crippen LogP contribution in [0.4, 0.5) is 0 Å². The van der Waals surface area contributed by atoms with Crippen LogP contribution >= 0.6 is 0 Å². The van der Waals surface area contributed by atoms with Gasteiger partial charge < -0.3 is 10.2 Å². The van der Waals surface area contributed by atoms with Crippen molar-refractivity contribution in [2.24, 2.45) is 5.73 Å². The fourth-order valence-electron chi connectivity index (χ4n) is 1.55. The minimum Gasteiger partial charge on any atom is -0.455 e. The third-order valence-corrected chi connectivity index (χ3v) is 2.56. The standard InChI is InChI=1S/C12H20N2O2/c1-3-5-8-14(4-2)9-10-6-7-11(16-10)12(13)15/h6-7H,3-5,8-9H2,1-2H3,(H2,13,15). The molecule has 1 heterocycles. The summed E-state index contributed by atoms with van der Waals surface area (Å²) in [5.74, 6) is 0.524. The largest absolute Gasteiger partial charge is 0.455 e. The number of primary amides is 1. The van der Waals surface area contributed by atoms with Crippen LogP contribution in [0.15, 0.2) is 16.5 Å². The van der Waals surface area contributed by atoms with Crippen molar-refractivity contribution in [1.82, 2.24) is 4.90 Å². The fourth-order valence-corrected chi connectivity index (χ4v) is 1.55. The Labute approximate surface area is 96.4 Å². The monoisotopic (exact) mass is 224 g/mol. The minimum atomic E-state index is -0.511. The number of unbranched alkanes of at least 4 members (excludes halogenated alkanes) is 1. The van der Waals surface area contributed by atoms with Crippen LogP contribution in [0.1, 0.15) is 43.0 Å². The fraction of sp³-hybridized carbons (Fsp3) is 0.583. The number of carbonyl (C=O) groups is 1. The van der Waals surface area contributed by atoms with Gasteiger partial charge in [0.2, 0.25) is 0 Å². The zero-order valence-corrected chi connectivity index (χ0v) is 10.0. The Morgan fingerprint density at radius 3 is 2.69 bits per heavy atom. The first-order valence-electron chi connectivity index (χ1n) is 5.78. The van der Waals surface area contributed by atoms with E-state index in [2.05, 4.69) is 18.7 Å². The summed E-state index contributed by atoms with van der Waals surface area (Å²) >= 11 is 0. The molecule has 1 amide bonds. The molecule has 0 saturated carbocycles. The molecule has 0 fully saturated rings. The van der Waals surface area contributed by atoms with Gasteiger partial charge >= 0.3 is 0 Å². The van der Waals surface area contributed by atoms with Crippen molar-refractivity contribution in [2.75, 3.05) is 13.1 Å². The lowest BCUT2D eigenvalue weighted by Crippen LogP contribution is -2.23. The van der Waals surface area contributed by atoms with Gasteiger partial charge in [-0.15, -0.1) is 0 Å². The Kier molecular flexibility index (Phi) is 5.05. The van der Waals surface area contributed by atoms with Gasteiger partial charge in [-0.3, -0.25) is 9.69 Å². The molecule has 16 heavy (non-hydrogen) atoms. The Morgan fingerprint density at radius 1 is 1.44 bits per heavy atom. The van der Waals surface area contributed by atoms with Crippen LogP contribution in [0, 0.1) is 0 Å². The lowest BCUT2D eigenvalue weighted by atomic mass is 10.3. The molecule has 4 heteroatoms. The molecule has 0 aromatic carbocycles. The van der Waals surface area contributed by atoms with Crippen LogP contribution in [0.2, 0.25) is 0 Å². The maximum Gasteiger partial charge on any atom is 0.284 e. The zero-order valence-electron chi connectivity index (χ0n) is 10.0. The molecule has 90 valence electrons. The predicted octanol–water partition coefficient (Wildman–Crippen LogP) is 2.00. The summed E-state index contributed by atoms with van der Waals surface area (Å²) in [6, 6.07) is 3.44. The number of nitrogens with zero attached hydrogens (tertiary/aromatic N) is 1. The van der Waals surface area contributed by atoms with Gasteiger partial charge in [-0.05, 0) is 31.6 Å². The second-order valence-corrected chi connectivity index (χ2v) is 3.85. The Morgan fingerprint density at radius 2 is 2.19 bits per heavy atom. The van der Waals surface area contributed by atoms with Crippen molar-refractivity contribution in [3.05, 3.63) is 23.7 Å². The van der Waals surface area contributed by atoms with E-state index in [1.54, 1.807) is 6.07 Å². The molecule has 4 nitrogen and oxygen atoms in total. The number of furan rings is 1. The van der Waals surface area contributed by atoms with Crippen molar-refractivity contribution < 1.29 is 9.21 Å². The van der Waals surface area contributed by atoms with Crippen LogP contribution in [0.25, 0.3) is 0 Å². The highest BCUT2D eigenvalue weighted by atomic mass is 16.4. The van der Waals surface area contributed by atoms with Crippen molar-refractivity contribution in [1.29, 1.82) is 0 Å². The normalized spacial score (nSPS) is 10.9. The Balaban J connectivity index is 2.52. The lowest BCUT2D eigenvalue weighted by Gasteiger charge is -2.18. The Hall–Kier alpha value is -1.29. The molecule has 1 rings (SSSR count). The molecule has 0 aliphatic heterocycles. The Bertz CT molecular complexity index is 334. The van der Waals surface area contributed by atoms with Gasteiger partial charge in [0.05, 0.1) is 6.54 Å². The molecule has 0 spiro atoms. The quantitative estimate of drug-likeness (QED) is 0.770. The van der Waals surface area contributed by atoms with Crippen LogP contribution in [0.5, 0.6) is 0 Å². The third-order valence-electron chi connectivity index (χ3n) is 2.56. The van der Waals surface area contributed by atoms with Gasteiger partial charge in [-0.25, -0.2) is 0 Å². The van der Waals surface area contributed by atoms with Crippen LogP contribution in [0.3, 0.4) is 0 Å². The highest BCUT2D eigenvalue weighted by molar-refractivity contribution is 5.89. The molecule has 1 aromatic rings. The number of carbonyl (C=O) groups excluding carboxylic acids is 1. The minimum absolute atomic E-state index is 0.238. The van der Waals surface area contributed by atoms with E-state index in [0.717, 1.165) is 25.4 Å². The van der Waals surface area contributed by atoms with Crippen LogP contribution in [-0.4, -0.2) is 23.9 Å². The van der Waals surface area contributed by atoms with Gasteiger partial charge in [0.25, 0.3) is 5.91 Å². The first-order valence-corrected chi connectivity index (χ1v) is 5.78. The molecule has 0 aliphatic rings. The van der Waals surface area contributed by atoms with Gasteiger partial charge in [-0.2, -0.15) is 0 Å². The molecule has 2 N–H and O–H groups in total. The maximum absolute atomic E-state index is 10.9. The smallest absolute Gasteiger partial charge is 0.284 e. The van der Waals surface area contributed by atoms with E-state index >= 15 is 0 Å². The zero-order chi connectivity index (χ0) is 12.0. The highest BCUT2D eigenvalue weighted by Gasteiger charge is 2.09. The molecule has 0 bridgehead atoms. The first-order chi connectivity index (χ1) is 7.67. The summed E-state index contributed by atoms with van der Waals surface area (Å²) < 4.78 is 5.34. The lowest BCUT2D eigenvalue weighted by molar-refractivity contribution is 0.0970. The van der Waals surface area contributed by atoms with Crippen molar-refractivity contribution in [2.45, 2.75) is 33.2 Å². The molecule has 1 aromatic heterocycles. The summed E-state index contributed by atoms with van der Waals surface area (Å²) in [5.41, 5.74) is 5.12. The van der Waals surface area contributed by atoms with Crippen LogP contribution < -0.4 is 5.73 Å². The second-order valence-electron chi connectivity index (χ2n) is 3.85. The summed E-state index contributed by atoms with van der Waals surface area (Å²) in [6.45, 7) is 7.06. The molecule has 0 atom stereocenters. The van der Waals surface area contributed by atoms with E-state index in [1.165, 1.54) is 12.8 Å². The molecular weight excluding hydrogens is 204 g/mol. The molecule has 0 unspecified atom stereocenters. The molecule has 0 saturated heterocycles. The van der Waals surface area contributed by atoms with E-state index in [9.17, 15) is 4.79 Å². The summed E-state index contributed by atoms with van der Waals surface area (Å²) in [6.07, 6.45) is 2.36. The van der Waals surface area contributed by atoms with E-state index in [-0.39, 0.29) is 5.76 Å². The average molecular weight is 224 g/mol. The van der Waals surface area contributed by atoms with Gasteiger partial charge in [0.1, 0.15) is 5.76 Å². The average Bonchev–Trinajstić information content (AvgIpc) is 2.72. The molecule has 0 radical (unpaired) electrons. The summed E-state index contributed by atoms with van der Waals surface area (Å²) in [7, 11) is 0. The van der Waals surface area contributed by atoms with Gasteiger partial charge in [0, 0.05) is 0 Å². The van der Waals surface area contributed by atoms with E-state index in [0.29, 0.717) is 0 Å². The number of amides is 1. The third kappa shape index (κ3) is 3.70. The topological polar surface area (TPSA) is 59.5 Å². The molecule has 0 aliphatic carbocycles. The van der Waals surface area contributed by atoms with E-state index < -0.39 is 5.91 Å². The van der Waals surface area contributed by atoms with Crippen LogP contribution in [-0.2, 0) is 6.54 Å². The number of rotatable bonds is 7. The molecular formula is C12H20N2O2. The predicted molar refractivity (Wildman–Crippen MR) is 63.1 cm³/mol. The summed E-state index contributed by atoms with van der Waals surface area (Å²) in [4.78, 5) is 13.1. The first kappa shape index (κ1) is 12.8. The van der Waals surface area contributed by atoms with Crippen molar-refractivity contribution in [3.63, 3.8) is 0 Å². The van der Waals surface area contributed by atoms with Gasteiger partial charge in [-0.1, -0.05) is 20.3 Å². The number of nitrogens with two attached hydrogens (primary N) is 1. The van der Waals surface area contributed by atoms with Crippen molar-refractivity contribution in [3.8, 4) is 0 Å². The van der Waals surface area contributed by atoms with E-state index in [4.69, 9.17) is 10.2 Å². The second kappa shape index (κ2) is 6.33.